The molecule has 0 spiro atoms. The van der Waals surface area contributed by atoms with Crippen molar-refractivity contribution in [3.05, 3.63) is 58.6 Å². The number of rotatable bonds is 3. The zero-order chi connectivity index (χ0) is 14.1. The molecule has 0 aliphatic heterocycles. The van der Waals surface area contributed by atoms with Gasteiger partial charge in [-0.15, -0.1) is 11.3 Å². The SMILES string of the molecule is O=C(c1ccc(CO)cc1)c1nc2ccc(O)cc2s1. The molecule has 2 N–H and O–H groups in total. The van der Waals surface area contributed by atoms with E-state index in [1.54, 1.807) is 42.5 Å². The minimum absolute atomic E-state index is 0.0467. The first-order valence-corrected chi connectivity index (χ1v) is 6.83. The number of carbonyl (C=O) groups is 1. The summed E-state index contributed by atoms with van der Waals surface area (Å²) < 4.78 is 0.778. The summed E-state index contributed by atoms with van der Waals surface area (Å²) >= 11 is 1.25. The Morgan fingerprint density at radius 2 is 1.90 bits per heavy atom. The number of hydrogen-bond acceptors (Lipinski definition) is 5. The quantitative estimate of drug-likeness (QED) is 0.726. The highest BCUT2D eigenvalue weighted by molar-refractivity contribution is 7.20. The van der Waals surface area contributed by atoms with Gasteiger partial charge in [0.15, 0.2) is 5.01 Å². The number of fused-ring (bicyclic) bond motifs is 1. The number of nitrogens with zero attached hydrogens (tertiary/aromatic N) is 1. The van der Waals surface area contributed by atoms with Crippen LogP contribution in [0.15, 0.2) is 42.5 Å². The molecule has 20 heavy (non-hydrogen) atoms. The maximum atomic E-state index is 12.3. The van der Waals surface area contributed by atoms with Crippen LogP contribution in [-0.2, 0) is 6.61 Å². The van der Waals surface area contributed by atoms with Gasteiger partial charge in [0.1, 0.15) is 5.75 Å². The van der Waals surface area contributed by atoms with Crippen LogP contribution in [0.3, 0.4) is 0 Å². The minimum atomic E-state index is -0.157. The summed E-state index contributed by atoms with van der Waals surface area (Å²) in [6.45, 7) is -0.0467. The second-order valence-corrected chi connectivity index (χ2v) is 5.39. The summed E-state index contributed by atoms with van der Waals surface area (Å²) in [6.07, 6.45) is 0. The molecule has 0 fully saturated rings. The number of carbonyl (C=O) groups excluding carboxylic acids is 1. The third kappa shape index (κ3) is 2.29. The number of aromatic hydroxyl groups is 1. The number of ketones is 1. The Morgan fingerprint density at radius 3 is 2.60 bits per heavy atom. The monoisotopic (exact) mass is 285 g/mol. The minimum Gasteiger partial charge on any atom is -0.508 e. The third-order valence-corrected chi connectivity index (χ3v) is 3.98. The predicted octanol–water partition coefficient (Wildman–Crippen LogP) is 2.73. The number of thiazole rings is 1. The number of aliphatic hydroxyl groups is 1. The number of benzene rings is 2. The van der Waals surface area contributed by atoms with Gasteiger partial charge in [-0.05, 0) is 23.8 Å². The van der Waals surface area contributed by atoms with E-state index in [9.17, 15) is 9.90 Å². The topological polar surface area (TPSA) is 70.4 Å². The van der Waals surface area contributed by atoms with E-state index in [1.807, 2.05) is 0 Å². The smallest absolute Gasteiger partial charge is 0.221 e. The molecule has 0 saturated carbocycles. The van der Waals surface area contributed by atoms with Crippen LogP contribution in [0.5, 0.6) is 5.75 Å². The molecule has 3 aromatic rings. The normalized spacial score (nSPS) is 10.8. The second kappa shape index (κ2) is 5.03. The summed E-state index contributed by atoms with van der Waals surface area (Å²) in [5.41, 5.74) is 1.99. The van der Waals surface area contributed by atoms with Crippen molar-refractivity contribution in [2.45, 2.75) is 6.61 Å². The standard InChI is InChI=1S/C15H11NO3S/c17-8-9-1-3-10(4-2-9)14(19)15-16-12-6-5-11(18)7-13(12)20-15/h1-7,17-18H,8H2. The van der Waals surface area contributed by atoms with Gasteiger partial charge in [-0.1, -0.05) is 24.3 Å². The van der Waals surface area contributed by atoms with E-state index in [2.05, 4.69) is 4.98 Å². The molecule has 0 aliphatic rings. The zero-order valence-corrected chi connectivity index (χ0v) is 11.2. The summed E-state index contributed by atoms with van der Waals surface area (Å²) in [5.74, 6) is 0.00243. The Morgan fingerprint density at radius 1 is 1.15 bits per heavy atom. The summed E-state index contributed by atoms with van der Waals surface area (Å²) in [7, 11) is 0. The summed E-state index contributed by atoms with van der Waals surface area (Å²) in [6, 6.07) is 11.6. The lowest BCUT2D eigenvalue weighted by Crippen LogP contribution is -2.00. The van der Waals surface area contributed by atoms with Crippen molar-refractivity contribution in [3.63, 3.8) is 0 Å². The second-order valence-electron chi connectivity index (χ2n) is 4.36. The van der Waals surface area contributed by atoms with Crippen molar-refractivity contribution >= 4 is 27.3 Å². The van der Waals surface area contributed by atoms with Crippen molar-refractivity contribution in [1.29, 1.82) is 0 Å². The van der Waals surface area contributed by atoms with E-state index in [1.165, 1.54) is 11.3 Å². The summed E-state index contributed by atoms with van der Waals surface area (Å²) in [5, 5.41) is 18.8. The molecule has 0 saturated heterocycles. The molecule has 5 heteroatoms. The molecule has 0 aliphatic carbocycles. The van der Waals surface area contributed by atoms with E-state index < -0.39 is 0 Å². The molecule has 1 aromatic heterocycles. The fraction of sp³-hybridized carbons (Fsp3) is 0.0667. The molecule has 0 bridgehead atoms. The van der Waals surface area contributed by atoms with Crippen LogP contribution in [0.25, 0.3) is 10.2 Å². The molecule has 0 amide bonds. The fourth-order valence-corrected chi connectivity index (χ4v) is 2.86. The lowest BCUT2D eigenvalue weighted by atomic mass is 10.1. The average Bonchev–Trinajstić information content (AvgIpc) is 2.89. The summed E-state index contributed by atoms with van der Waals surface area (Å²) in [4.78, 5) is 16.6. The van der Waals surface area contributed by atoms with Gasteiger partial charge in [0.05, 0.1) is 16.8 Å². The molecular weight excluding hydrogens is 274 g/mol. The third-order valence-electron chi connectivity index (χ3n) is 2.96. The van der Waals surface area contributed by atoms with Gasteiger partial charge >= 0.3 is 0 Å². The first-order valence-electron chi connectivity index (χ1n) is 6.01. The zero-order valence-electron chi connectivity index (χ0n) is 10.4. The van der Waals surface area contributed by atoms with Gasteiger partial charge < -0.3 is 10.2 Å². The Hall–Kier alpha value is -2.24. The Kier molecular flexibility index (Phi) is 3.22. The van der Waals surface area contributed by atoms with Crippen molar-refractivity contribution in [2.75, 3.05) is 0 Å². The molecule has 2 aromatic carbocycles. The van der Waals surface area contributed by atoms with E-state index in [0.717, 1.165) is 10.3 Å². The van der Waals surface area contributed by atoms with Crippen LogP contribution in [0.4, 0.5) is 0 Å². The maximum absolute atomic E-state index is 12.3. The van der Waals surface area contributed by atoms with Crippen molar-refractivity contribution in [2.24, 2.45) is 0 Å². The molecular formula is C15H11NO3S. The van der Waals surface area contributed by atoms with E-state index in [4.69, 9.17) is 5.11 Å². The van der Waals surface area contributed by atoms with Gasteiger partial charge in [-0.2, -0.15) is 0 Å². The van der Waals surface area contributed by atoms with E-state index >= 15 is 0 Å². The molecule has 3 rings (SSSR count). The molecule has 100 valence electrons. The van der Waals surface area contributed by atoms with E-state index in [-0.39, 0.29) is 18.1 Å². The van der Waals surface area contributed by atoms with Gasteiger partial charge in [0.25, 0.3) is 0 Å². The van der Waals surface area contributed by atoms with Crippen LogP contribution in [-0.4, -0.2) is 21.0 Å². The molecule has 0 unspecified atom stereocenters. The lowest BCUT2D eigenvalue weighted by molar-refractivity contribution is 0.103. The lowest BCUT2D eigenvalue weighted by Gasteiger charge is -1.99. The first-order chi connectivity index (χ1) is 9.67. The van der Waals surface area contributed by atoms with Crippen molar-refractivity contribution < 1.29 is 15.0 Å². The first kappa shape index (κ1) is 12.8. The van der Waals surface area contributed by atoms with Gasteiger partial charge in [-0.3, -0.25) is 4.79 Å². The van der Waals surface area contributed by atoms with E-state index in [0.29, 0.717) is 16.1 Å². The van der Waals surface area contributed by atoms with Crippen LogP contribution in [0, 0.1) is 0 Å². The Bertz CT molecular complexity index is 777. The number of hydrogen-bond donors (Lipinski definition) is 2. The highest BCUT2D eigenvalue weighted by atomic mass is 32.1. The number of aliphatic hydroxyl groups excluding tert-OH is 1. The highest BCUT2D eigenvalue weighted by Crippen LogP contribution is 2.27. The molecule has 1 heterocycles. The molecule has 0 atom stereocenters. The highest BCUT2D eigenvalue weighted by Gasteiger charge is 2.14. The van der Waals surface area contributed by atoms with Crippen LogP contribution < -0.4 is 0 Å². The van der Waals surface area contributed by atoms with Crippen molar-refractivity contribution in [3.8, 4) is 5.75 Å². The largest absolute Gasteiger partial charge is 0.508 e. The van der Waals surface area contributed by atoms with Gasteiger partial charge in [0, 0.05) is 5.56 Å². The van der Waals surface area contributed by atoms with Gasteiger partial charge in [0.2, 0.25) is 5.78 Å². The van der Waals surface area contributed by atoms with Crippen LogP contribution >= 0.6 is 11.3 Å². The predicted molar refractivity (Wildman–Crippen MR) is 77.1 cm³/mol. The Balaban J connectivity index is 1.98. The van der Waals surface area contributed by atoms with Gasteiger partial charge in [-0.25, -0.2) is 4.98 Å². The number of aromatic nitrogens is 1. The molecule has 0 radical (unpaired) electrons. The number of phenols is 1. The Labute approximate surface area is 119 Å². The van der Waals surface area contributed by atoms with Crippen LogP contribution in [0.1, 0.15) is 20.9 Å². The average molecular weight is 285 g/mol. The fourth-order valence-electron chi connectivity index (χ4n) is 1.90. The van der Waals surface area contributed by atoms with Crippen molar-refractivity contribution in [1.82, 2.24) is 4.98 Å². The molecule has 4 nitrogen and oxygen atoms in total. The maximum Gasteiger partial charge on any atom is 0.221 e. The van der Waals surface area contributed by atoms with Crippen LogP contribution in [0.2, 0.25) is 0 Å². The number of phenolic OH excluding ortho intramolecular Hbond substituents is 1.